The lowest BCUT2D eigenvalue weighted by atomic mass is 10.1. The quantitative estimate of drug-likeness (QED) is 0.567. The molecule has 3 N–H and O–H groups in total. The minimum absolute atomic E-state index is 0.103. The van der Waals surface area contributed by atoms with Gasteiger partial charge in [-0.2, -0.15) is 0 Å². The SMILES string of the molecule is CCCCn1c(N)c(N(Cc2ccccc2)Cc2ccc(F)cc2Cl)c(=O)[nH]c1=O. The summed E-state index contributed by atoms with van der Waals surface area (Å²) in [4.78, 5) is 29.2. The van der Waals surface area contributed by atoms with E-state index in [9.17, 15) is 14.0 Å². The lowest BCUT2D eigenvalue weighted by Crippen LogP contribution is -2.38. The molecular weight excluding hydrogens is 407 g/mol. The molecule has 1 heterocycles. The molecule has 0 aliphatic rings. The highest BCUT2D eigenvalue weighted by Gasteiger charge is 2.20. The Morgan fingerprint density at radius 2 is 1.87 bits per heavy atom. The van der Waals surface area contributed by atoms with E-state index >= 15 is 0 Å². The highest BCUT2D eigenvalue weighted by Crippen LogP contribution is 2.25. The van der Waals surface area contributed by atoms with E-state index in [1.165, 1.54) is 16.7 Å². The van der Waals surface area contributed by atoms with Crippen LogP contribution >= 0.6 is 11.6 Å². The Bertz CT molecular complexity index is 1130. The van der Waals surface area contributed by atoms with Crippen molar-refractivity contribution in [1.82, 2.24) is 9.55 Å². The number of nitrogen functional groups attached to an aromatic ring is 1. The van der Waals surface area contributed by atoms with Crippen LogP contribution in [0.15, 0.2) is 58.1 Å². The molecule has 0 saturated heterocycles. The molecule has 6 nitrogen and oxygen atoms in total. The van der Waals surface area contributed by atoms with E-state index in [1.807, 2.05) is 37.3 Å². The largest absolute Gasteiger partial charge is 0.383 e. The van der Waals surface area contributed by atoms with Crippen molar-refractivity contribution in [2.75, 3.05) is 10.6 Å². The van der Waals surface area contributed by atoms with Crippen LogP contribution < -0.4 is 21.9 Å². The highest BCUT2D eigenvalue weighted by molar-refractivity contribution is 6.31. The molecule has 0 saturated carbocycles. The molecule has 2 aromatic carbocycles. The molecule has 30 heavy (non-hydrogen) atoms. The van der Waals surface area contributed by atoms with Crippen LogP contribution in [0.5, 0.6) is 0 Å². The van der Waals surface area contributed by atoms with Gasteiger partial charge in [-0.15, -0.1) is 0 Å². The number of benzene rings is 2. The molecular formula is C22H24ClFN4O2. The first kappa shape index (κ1) is 21.6. The van der Waals surface area contributed by atoms with Gasteiger partial charge in [0, 0.05) is 24.7 Å². The minimum Gasteiger partial charge on any atom is -0.383 e. The molecule has 0 aliphatic heterocycles. The highest BCUT2D eigenvalue weighted by atomic mass is 35.5. The van der Waals surface area contributed by atoms with E-state index in [-0.39, 0.29) is 23.1 Å². The normalized spacial score (nSPS) is 10.9. The van der Waals surface area contributed by atoms with Crippen LogP contribution in [0.4, 0.5) is 15.9 Å². The van der Waals surface area contributed by atoms with E-state index in [0.717, 1.165) is 18.4 Å². The monoisotopic (exact) mass is 430 g/mol. The standard InChI is InChI=1S/C22H24ClFN4O2/c1-2-3-11-28-20(25)19(21(29)26-22(28)30)27(13-15-7-5-4-6-8-15)14-16-9-10-17(24)12-18(16)23/h4-10,12H,2-3,11,13-14,25H2,1H3,(H,26,29,30). The Morgan fingerprint density at radius 1 is 1.13 bits per heavy atom. The average Bonchev–Trinajstić information content (AvgIpc) is 2.70. The van der Waals surface area contributed by atoms with Crippen molar-refractivity contribution in [3.8, 4) is 0 Å². The number of H-pyrrole nitrogens is 1. The summed E-state index contributed by atoms with van der Waals surface area (Å²) in [5.41, 5.74) is 6.97. The van der Waals surface area contributed by atoms with E-state index in [4.69, 9.17) is 17.3 Å². The van der Waals surface area contributed by atoms with Gasteiger partial charge in [-0.1, -0.05) is 61.3 Å². The maximum atomic E-state index is 13.5. The molecule has 3 rings (SSSR count). The second-order valence-corrected chi connectivity index (χ2v) is 7.48. The van der Waals surface area contributed by atoms with Gasteiger partial charge < -0.3 is 10.6 Å². The van der Waals surface area contributed by atoms with Crippen LogP contribution in [0.25, 0.3) is 0 Å². The van der Waals surface area contributed by atoms with Gasteiger partial charge in [0.15, 0.2) is 0 Å². The molecule has 0 bridgehead atoms. The number of hydrogen-bond donors (Lipinski definition) is 2. The zero-order valence-corrected chi connectivity index (χ0v) is 17.5. The van der Waals surface area contributed by atoms with Gasteiger partial charge in [0.2, 0.25) is 0 Å². The number of nitrogens with one attached hydrogen (secondary N) is 1. The van der Waals surface area contributed by atoms with Gasteiger partial charge in [0.25, 0.3) is 5.56 Å². The first-order valence-electron chi connectivity index (χ1n) is 9.76. The van der Waals surface area contributed by atoms with Crippen molar-refractivity contribution in [2.45, 2.75) is 39.4 Å². The summed E-state index contributed by atoms with van der Waals surface area (Å²) in [5.74, 6) is -0.338. The Balaban J connectivity index is 2.09. The molecule has 0 spiro atoms. The molecule has 0 amide bonds. The van der Waals surface area contributed by atoms with E-state index in [0.29, 0.717) is 18.7 Å². The van der Waals surface area contributed by atoms with E-state index in [2.05, 4.69) is 4.98 Å². The fraction of sp³-hybridized carbons (Fsp3) is 0.273. The third-order valence-corrected chi connectivity index (χ3v) is 5.21. The summed E-state index contributed by atoms with van der Waals surface area (Å²) in [5, 5.41) is 0.252. The van der Waals surface area contributed by atoms with Gasteiger partial charge in [-0.25, -0.2) is 9.18 Å². The molecule has 0 aliphatic carbocycles. The fourth-order valence-corrected chi connectivity index (χ4v) is 3.52. The molecule has 0 radical (unpaired) electrons. The van der Waals surface area contributed by atoms with E-state index < -0.39 is 17.1 Å². The summed E-state index contributed by atoms with van der Waals surface area (Å²) >= 11 is 6.23. The molecule has 0 unspecified atom stereocenters. The van der Waals surface area contributed by atoms with Gasteiger partial charge in [0.1, 0.15) is 17.3 Å². The van der Waals surface area contributed by atoms with Crippen LogP contribution in [0.1, 0.15) is 30.9 Å². The summed E-state index contributed by atoms with van der Waals surface area (Å²) in [6.45, 7) is 2.98. The average molecular weight is 431 g/mol. The molecule has 0 fully saturated rings. The lowest BCUT2D eigenvalue weighted by molar-refractivity contribution is 0.601. The summed E-state index contributed by atoms with van der Waals surface area (Å²) in [6.07, 6.45) is 1.62. The van der Waals surface area contributed by atoms with Crippen LogP contribution in [0, 0.1) is 5.82 Å². The van der Waals surface area contributed by atoms with Crippen molar-refractivity contribution < 1.29 is 4.39 Å². The number of nitrogens with zero attached hydrogens (tertiary/aromatic N) is 2. The van der Waals surface area contributed by atoms with Gasteiger partial charge in [0.05, 0.1) is 0 Å². The van der Waals surface area contributed by atoms with E-state index in [1.54, 1.807) is 11.0 Å². The maximum absolute atomic E-state index is 13.5. The van der Waals surface area contributed by atoms with Crippen LogP contribution in [-0.4, -0.2) is 9.55 Å². The van der Waals surface area contributed by atoms with Crippen LogP contribution in [0.3, 0.4) is 0 Å². The Kier molecular flexibility index (Phi) is 6.95. The number of anilines is 2. The van der Waals surface area contributed by atoms with Gasteiger partial charge in [-0.05, 0) is 29.7 Å². The number of halogens is 2. The summed E-state index contributed by atoms with van der Waals surface area (Å²) in [7, 11) is 0. The molecule has 8 heteroatoms. The number of aromatic amines is 1. The number of nitrogens with two attached hydrogens (primary N) is 1. The number of aromatic nitrogens is 2. The summed E-state index contributed by atoms with van der Waals surface area (Å²) < 4.78 is 14.9. The van der Waals surface area contributed by atoms with Crippen molar-refractivity contribution in [3.05, 3.63) is 91.3 Å². The predicted molar refractivity (Wildman–Crippen MR) is 118 cm³/mol. The topological polar surface area (TPSA) is 84.1 Å². The first-order chi connectivity index (χ1) is 14.4. The Hall–Kier alpha value is -3.06. The molecule has 1 aromatic heterocycles. The minimum atomic E-state index is -0.570. The van der Waals surface area contributed by atoms with Gasteiger partial charge >= 0.3 is 5.69 Å². The third kappa shape index (κ3) is 4.91. The van der Waals surface area contributed by atoms with Crippen molar-refractivity contribution in [1.29, 1.82) is 0 Å². The Labute approximate surface area is 178 Å². The zero-order chi connectivity index (χ0) is 21.7. The fourth-order valence-electron chi connectivity index (χ4n) is 3.29. The van der Waals surface area contributed by atoms with Crippen molar-refractivity contribution in [3.63, 3.8) is 0 Å². The number of unbranched alkanes of at least 4 members (excludes halogenated alkanes) is 1. The van der Waals surface area contributed by atoms with Crippen LogP contribution in [0.2, 0.25) is 5.02 Å². The summed E-state index contributed by atoms with van der Waals surface area (Å²) in [6, 6.07) is 13.7. The van der Waals surface area contributed by atoms with Crippen molar-refractivity contribution >= 4 is 23.1 Å². The first-order valence-corrected chi connectivity index (χ1v) is 10.1. The maximum Gasteiger partial charge on any atom is 0.330 e. The predicted octanol–water partition coefficient (Wildman–Crippen LogP) is 3.92. The second-order valence-electron chi connectivity index (χ2n) is 7.08. The van der Waals surface area contributed by atoms with Gasteiger partial charge in [-0.3, -0.25) is 14.3 Å². The van der Waals surface area contributed by atoms with Crippen molar-refractivity contribution in [2.24, 2.45) is 0 Å². The third-order valence-electron chi connectivity index (χ3n) is 4.86. The van der Waals surface area contributed by atoms with Crippen LogP contribution in [-0.2, 0) is 19.6 Å². The molecule has 0 atom stereocenters. The second kappa shape index (κ2) is 9.63. The number of rotatable bonds is 8. The Morgan fingerprint density at radius 3 is 2.53 bits per heavy atom. The molecule has 158 valence electrons. The number of hydrogen-bond acceptors (Lipinski definition) is 4. The molecule has 3 aromatic rings. The lowest BCUT2D eigenvalue weighted by Gasteiger charge is -2.27. The zero-order valence-electron chi connectivity index (χ0n) is 16.7. The smallest absolute Gasteiger partial charge is 0.330 e.